The Kier molecular flexibility index (Phi) is 3.90. The number of hydrogen-bond acceptors (Lipinski definition) is 3. The third kappa shape index (κ3) is 2.51. The van der Waals surface area contributed by atoms with E-state index in [1.165, 1.54) is 6.08 Å². The van der Waals surface area contributed by atoms with Gasteiger partial charge in [-0.2, -0.15) is 5.26 Å². The molecule has 1 N–H and O–H groups in total. The minimum Gasteiger partial charge on any atom is -0.462 e. The molecule has 0 spiro atoms. The van der Waals surface area contributed by atoms with E-state index < -0.39 is 5.97 Å². The van der Waals surface area contributed by atoms with Gasteiger partial charge in [-0.1, -0.05) is 0 Å². The maximum absolute atomic E-state index is 11.4. The largest absolute Gasteiger partial charge is 0.462 e. The molecule has 0 atom stereocenters. The highest BCUT2D eigenvalue weighted by atomic mass is 16.5. The Morgan fingerprint density at radius 3 is 2.75 bits per heavy atom. The molecule has 0 aliphatic rings. The van der Waals surface area contributed by atoms with E-state index in [4.69, 9.17) is 10.00 Å². The van der Waals surface area contributed by atoms with E-state index in [1.807, 2.05) is 26.1 Å². The number of esters is 1. The van der Waals surface area contributed by atoms with Crippen molar-refractivity contribution in [3.05, 3.63) is 28.6 Å². The van der Waals surface area contributed by atoms with Gasteiger partial charge in [-0.25, -0.2) is 4.79 Å². The summed E-state index contributed by atoms with van der Waals surface area (Å²) < 4.78 is 4.77. The van der Waals surface area contributed by atoms with Crippen LogP contribution in [0.2, 0.25) is 0 Å². The van der Waals surface area contributed by atoms with E-state index in [0.29, 0.717) is 0 Å². The Hall–Kier alpha value is -2.02. The smallest absolute Gasteiger partial charge is 0.348 e. The Morgan fingerprint density at radius 2 is 2.31 bits per heavy atom. The molecule has 4 heteroatoms. The SMILES string of the molecule is CCOC(=O)C(C#N)=Cc1[nH]cc(C)c1C. The first kappa shape index (κ1) is 12.1. The highest BCUT2D eigenvalue weighted by Gasteiger charge is 2.11. The second-order valence-corrected chi connectivity index (χ2v) is 3.40. The van der Waals surface area contributed by atoms with Crippen LogP contribution in [0, 0.1) is 25.2 Å². The highest BCUT2D eigenvalue weighted by Crippen LogP contribution is 2.15. The Bertz CT molecular complexity index is 464. The van der Waals surface area contributed by atoms with E-state index >= 15 is 0 Å². The topological polar surface area (TPSA) is 65.9 Å². The van der Waals surface area contributed by atoms with Crippen molar-refractivity contribution in [3.63, 3.8) is 0 Å². The van der Waals surface area contributed by atoms with E-state index in [2.05, 4.69) is 4.98 Å². The molecule has 0 aliphatic heterocycles. The Balaban J connectivity index is 3.02. The zero-order valence-electron chi connectivity index (χ0n) is 9.63. The predicted octanol–water partition coefficient (Wildman–Crippen LogP) is 2.10. The monoisotopic (exact) mass is 218 g/mol. The first-order valence-electron chi connectivity index (χ1n) is 5.03. The number of carbonyl (C=O) groups excluding carboxylic acids is 1. The van der Waals surface area contributed by atoms with E-state index in [1.54, 1.807) is 6.92 Å². The van der Waals surface area contributed by atoms with Crippen LogP contribution in [0.3, 0.4) is 0 Å². The van der Waals surface area contributed by atoms with Crippen LogP contribution < -0.4 is 0 Å². The quantitative estimate of drug-likeness (QED) is 0.480. The predicted molar refractivity (Wildman–Crippen MR) is 60.5 cm³/mol. The fourth-order valence-corrected chi connectivity index (χ4v) is 1.25. The lowest BCUT2D eigenvalue weighted by Gasteiger charge is -1.99. The molecule has 0 unspecified atom stereocenters. The number of aryl methyl sites for hydroxylation is 1. The Labute approximate surface area is 94.5 Å². The van der Waals surface area contributed by atoms with Gasteiger partial charge >= 0.3 is 5.97 Å². The summed E-state index contributed by atoms with van der Waals surface area (Å²) in [6, 6.07) is 1.84. The summed E-state index contributed by atoms with van der Waals surface area (Å²) in [5.74, 6) is -0.586. The van der Waals surface area contributed by atoms with Crippen molar-refractivity contribution < 1.29 is 9.53 Å². The standard InChI is InChI=1S/C12H14N2O2/c1-4-16-12(15)10(6-13)5-11-9(3)8(2)7-14-11/h5,7,14H,4H2,1-3H3. The van der Waals surface area contributed by atoms with Crippen LogP contribution >= 0.6 is 0 Å². The minimum absolute atomic E-state index is 0.00630. The molecule has 1 aromatic rings. The molecule has 0 aromatic carbocycles. The molecule has 0 saturated carbocycles. The van der Waals surface area contributed by atoms with E-state index in [0.717, 1.165) is 16.8 Å². The molecule has 0 saturated heterocycles. The van der Waals surface area contributed by atoms with Crippen molar-refractivity contribution >= 4 is 12.0 Å². The summed E-state index contributed by atoms with van der Waals surface area (Å²) in [6.45, 7) is 5.86. The molecular weight excluding hydrogens is 204 g/mol. The van der Waals surface area contributed by atoms with E-state index in [9.17, 15) is 4.79 Å². The second kappa shape index (κ2) is 5.17. The molecule has 84 valence electrons. The molecule has 4 nitrogen and oxygen atoms in total. The van der Waals surface area contributed by atoms with Gasteiger partial charge in [0.05, 0.1) is 6.61 Å². The van der Waals surface area contributed by atoms with E-state index in [-0.39, 0.29) is 12.2 Å². The first-order valence-corrected chi connectivity index (χ1v) is 5.03. The van der Waals surface area contributed by atoms with Gasteiger partial charge in [0, 0.05) is 11.9 Å². The lowest BCUT2D eigenvalue weighted by Crippen LogP contribution is -2.06. The summed E-state index contributed by atoms with van der Waals surface area (Å²) in [5.41, 5.74) is 2.89. The molecule has 0 fully saturated rings. The highest BCUT2D eigenvalue weighted by molar-refractivity contribution is 5.97. The number of ether oxygens (including phenoxy) is 1. The van der Waals surface area contributed by atoms with Crippen LogP contribution in [0.5, 0.6) is 0 Å². The first-order chi connectivity index (χ1) is 7.60. The van der Waals surface area contributed by atoms with Crippen molar-refractivity contribution in [1.82, 2.24) is 4.98 Å². The lowest BCUT2D eigenvalue weighted by molar-refractivity contribution is -0.137. The van der Waals surface area contributed by atoms with Gasteiger partial charge in [0.25, 0.3) is 0 Å². The van der Waals surface area contributed by atoms with Gasteiger partial charge in [0.1, 0.15) is 11.6 Å². The van der Waals surface area contributed by atoms with Crippen molar-refractivity contribution in [1.29, 1.82) is 5.26 Å². The number of aromatic amines is 1. The van der Waals surface area contributed by atoms with Crippen LogP contribution in [0.1, 0.15) is 23.7 Å². The number of rotatable bonds is 3. The van der Waals surface area contributed by atoms with Crippen LogP contribution in [0.15, 0.2) is 11.8 Å². The zero-order chi connectivity index (χ0) is 12.1. The van der Waals surface area contributed by atoms with Crippen LogP contribution in [0.4, 0.5) is 0 Å². The van der Waals surface area contributed by atoms with Crippen LogP contribution in [-0.2, 0) is 9.53 Å². The molecule has 0 amide bonds. The summed E-state index contributed by atoms with van der Waals surface area (Å²) >= 11 is 0. The van der Waals surface area contributed by atoms with Crippen molar-refractivity contribution in [2.45, 2.75) is 20.8 Å². The molecule has 1 heterocycles. The third-order valence-electron chi connectivity index (χ3n) is 2.34. The van der Waals surface area contributed by atoms with Gasteiger partial charge in [-0.15, -0.1) is 0 Å². The average molecular weight is 218 g/mol. The number of H-pyrrole nitrogens is 1. The Morgan fingerprint density at radius 1 is 1.62 bits per heavy atom. The molecule has 0 radical (unpaired) electrons. The number of hydrogen-bond donors (Lipinski definition) is 1. The summed E-state index contributed by atoms with van der Waals surface area (Å²) in [6.07, 6.45) is 3.35. The molecular formula is C12H14N2O2. The average Bonchev–Trinajstić information content (AvgIpc) is 2.57. The molecule has 1 aromatic heterocycles. The van der Waals surface area contributed by atoms with Gasteiger partial charge in [0.15, 0.2) is 0 Å². The minimum atomic E-state index is -0.586. The van der Waals surface area contributed by atoms with Gasteiger partial charge in [-0.3, -0.25) is 0 Å². The molecule has 1 rings (SSSR count). The van der Waals surface area contributed by atoms with Gasteiger partial charge in [-0.05, 0) is 38.0 Å². The lowest BCUT2D eigenvalue weighted by atomic mass is 10.1. The zero-order valence-corrected chi connectivity index (χ0v) is 9.63. The molecule has 0 aliphatic carbocycles. The number of nitrogens with one attached hydrogen (secondary N) is 1. The maximum atomic E-state index is 11.4. The number of carbonyl (C=O) groups is 1. The second-order valence-electron chi connectivity index (χ2n) is 3.40. The summed E-state index contributed by atoms with van der Waals surface area (Å²) in [5, 5.41) is 8.85. The number of aromatic nitrogens is 1. The van der Waals surface area contributed by atoms with Gasteiger partial charge in [0.2, 0.25) is 0 Å². The van der Waals surface area contributed by atoms with Crippen molar-refractivity contribution in [2.24, 2.45) is 0 Å². The van der Waals surface area contributed by atoms with Gasteiger partial charge < -0.3 is 9.72 Å². The third-order valence-corrected chi connectivity index (χ3v) is 2.34. The normalized spacial score (nSPS) is 11.0. The number of nitriles is 1. The molecule has 16 heavy (non-hydrogen) atoms. The van der Waals surface area contributed by atoms with Crippen LogP contribution in [0.25, 0.3) is 6.08 Å². The fourth-order valence-electron chi connectivity index (χ4n) is 1.25. The van der Waals surface area contributed by atoms with Crippen molar-refractivity contribution in [2.75, 3.05) is 6.61 Å². The maximum Gasteiger partial charge on any atom is 0.348 e. The van der Waals surface area contributed by atoms with Crippen molar-refractivity contribution in [3.8, 4) is 6.07 Å². The molecule has 0 bridgehead atoms. The fraction of sp³-hybridized carbons (Fsp3) is 0.333. The number of nitrogens with zero attached hydrogens (tertiary/aromatic N) is 1. The summed E-state index contributed by atoms with van der Waals surface area (Å²) in [4.78, 5) is 14.4. The summed E-state index contributed by atoms with van der Waals surface area (Å²) in [7, 11) is 0. The van der Waals surface area contributed by atoms with Crippen LogP contribution in [-0.4, -0.2) is 17.6 Å².